The fourth-order valence-electron chi connectivity index (χ4n) is 1.92. The number of hydrogen-bond acceptors (Lipinski definition) is 1. The summed E-state index contributed by atoms with van der Waals surface area (Å²) in [4.78, 5) is 0. The Kier molecular flexibility index (Phi) is 6.51. The molecule has 0 heterocycles. The normalized spacial score (nSPS) is 12.7. The molecule has 1 nitrogen and oxygen atoms in total. The average Bonchev–Trinajstić information content (AvgIpc) is 2.30. The Hall–Kier alpha value is -0.530. The summed E-state index contributed by atoms with van der Waals surface area (Å²) in [6.45, 7) is 2.46. The van der Waals surface area contributed by atoms with Gasteiger partial charge in [0.05, 0.1) is 0 Å². The Morgan fingerprint density at radius 2 is 2.00 bits per heavy atom. The summed E-state index contributed by atoms with van der Waals surface area (Å²) in [6, 6.07) is 7.90. The SMILES string of the molecule is CCCCCC(CO)Cc1ccccc1Cl. The van der Waals surface area contributed by atoms with E-state index in [1.54, 1.807) is 0 Å². The van der Waals surface area contributed by atoms with Gasteiger partial charge >= 0.3 is 0 Å². The molecule has 0 fully saturated rings. The summed E-state index contributed by atoms with van der Waals surface area (Å²) in [5.74, 6) is 0.353. The number of rotatable bonds is 7. The van der Waals surface area contributed by atoms with Crippen molar-refractivity contribution in [1.29, 1.82) is 0 Å². The van der Waals surface area contributed by atoms with Crippen molar-refractivity contribution in [2.24, 2.45) is 5.92 Å². The predicted octanol–water partition coefficient (Wildman–Crippen LogP) is 4.07. The van der Waals surface area contributed by atoms with Gasteiger partial charge in [0.25, 0.3) is 0 Å². The molecular weight excluding hydrogens is 220 g/mol. The van der Waals surface area contributed by atoms with Crippen LogP contribution in [0.3, 0.4) is 0 Å². The van der Waals surface area contributed by atoms with E-state index in [4.69, 9.17) is 11.6 Å². The van der Waals surface area contributed by atoms with Crippen LogP contribution in [0.25, 0.3) is 0 Å². The summed E-state index contributed by atoms with van der Waals surface area (Å²) in [5.41, 5.74) is 1.15. The number of aliphatic hydroxyl groups is 1. The average molecular weight is 241 g/mol. The maximum absolute atomic E-state index is 9.33. The van der Waals surface area contributed by atoms with Gasteiger partial charge in [0.15, 0.2) is 0 Å². The van der Waals surface area contributed by atoms with Crippen molar-refractivity contribution in [3.8, 4) is 0 Å². The van der Waals surface area contributed by atoms with Crippen molar-refractivity contribution in [2.75, 3.05) is 6.61 Å². The van der Waals surface area contributed by atoms with Crippen LogP contribution in [0.1, 0.15) is 38.2 Å². The second-order valence-corrected chi connectivity index (χ2v) is 4.75. The lowest BCUT2D eigenvalue weighted by Crippen LogP contribution is -2.10. The first-order valence-corrected chi connectivity index (χ1v) is 6.50. The molecule has 0 aliphatic carbocycles. The topological polar surface area (TPSA) is 20.2 Å². The zero-order valence-corrected chi connectivity index (χ0v) is 10.7. The zero-order chi connectivity index (χ0) is 11.8. The predicted molar refractivity (Wildman–Crippen MR) is 69.9 cm³/mol. The molecule has 0 radical (unpaired) electrons. The Morgan fingerprint density at radius 3 is 2.62 bits per heavy atom. The van der Waals surface area contributed by atoms with Gasteiger partial charge in [-0.1, -0.05) is 56.0 Å². The standard InChI is InChI=1S/C14H21ClO/c1-2-3-4-7-12(11-16)10-13-8-5-6-9-14(13)15/h5-6,8-9,12,16H,2-4,7,10-11H2,1H3. The van der Waals surface area contributed by atoms with Gasteiger partial charge in [-0.2, -0.15) is 0 Å². The minimum Gasteiger partial charge on any atom is -0.396 e. The van der Waals surface area contributed by atoms with E-state index in [1.165, 1.54) is 19.3 Å². The number of hydrogen-bond donors (Lipinski definition) is 1. The van der Waals surface area contributed by atoms with Crippen LogP contribution in [0, 0.1) is 5.92 Å². The molecule has 0 saturated carbocycles. The third kappa shape index (κ3) is 4.54. The summed E-state index contributed by atoms with van der Waals surface area (Å²) in [7, 11) is 0. The molecule has 1 N–H and O–H groups in total. The highest BCUT2D eigenvalue weighted by Crippen LogP contribution is 2.21. The molecule has 0 saturated heterocycles. The summed E-state index contributed by atoms with van der Waals surface area (Å²) >= 11 is 6.10. The molecule has 1 aromatic carbocycles. The molecule has 1 rings (SSSR count). The van der Waals surface area contributed by atoms with Crippen LogP contribution in [-0.2, 0) is 6.42 Å². The smallest absolute Gasteiger partial charge is 0.0462 e. The number of halogens is 1. The first-order valence-electron chi connectivity index (χ1n) is 6.12. The molecule has 90 valence electrons. The largest absolute Gasteiger partial charge is 0.396 e. The molecule has 0 aliphatic rings. The first kappa shape index (κ1) is 13.5. The Balaban J connectivity index is 2.46. The van der Waals surface area contributed by atoms with E-state index in [1.807, 2.05) is 24.3 Å². The molecule has 1 unspecified atom stereocenters. The van der Waals surface area contributed by atoms with Crippen molar-refractivity contribution in [3.05, 3.63) is 34.9 Å². The van der Waals surface area contributed by atoms with Gasteiger partial charge in [0, 0.05) is 11.6 Å². The van der Waals surface area contributed by atoms with Crippen molar-refractivity contribution in [2.45, 2.75) is 39.0 Å². The maximum atomic E-state index is 9.33. The second-order valence-electron chi connectivity index (χ2n) is 4.34. The first-order chi connectivity index (χ1) is 7.77. The third-order valence-electron chi connectivity index (χ3n) is 2.94. The van der Waals surface area contributed by atoms with Crippen LogP contribution < -0.4 is 0 Å². The molecular formula is C14H21ClO. The highest BCUT2D eigenvalue weighted by Gasteiger charge is 2.10. The van der Waals surface area contributed by atoms with E-state index in [9.17, 15) is 5.11 Å². The molecule has 1 atom stereocenters. The van der Waals surface area contributed by atoms with E-state index >= 15 is 0 Å². The number of benzene rings is 1. The Bertz CT molecular complexity index is 299. The van der Waals surface area contributed by atoms with E-state index in [0.717, 1.165) is 23.4 Å². The molecule has 0 aromatic heterocycles. The van der Waals surface area contributed by atoms with Gasteiger partial charge in [-0.3, -0.25) is 0 Å². The summed E-state index contributed by atoms with van der Waals surface area (Å²) < 4.78 is 0. The molecule has 0 bridgehead atoms. The minimum absolute atomic E-state index is 0.259. The minimum atomic E-state index is 0.259. The van der Waals surface area contributed by atoms with Gasteiger partial charge in [0.2, 0.25) is 0 Å². The number of aliphatic hydroxyl groups excluding tert-OH is 1. The van der Waals surface area contributed by atoms with Crippen molar-refractivity contribution >= 4 is 11.6 Å². The monoisotopic (exact) mass is 240 g/mol. The molecule has 2 heteroatoms. The fourth-order valence-corrected chi connectivity index (χ4v) is 2.13. The van der Waals surface area contributed by atoms with Crippen LogP contribution in [0.15, 0.2) is 24.3 Å². The van der Waals surface area contributed by atoms with Crippen LogP contribution in [0.4, 0.5) is 0 Å². The fraction of sp³-hybridized carbons (Fsp3) is 0.571. The van der Waals surface area contributed by atoms with Gasteiger partial charge in [-0.15, -0.1) is 0 Å². The summed E-state index contributed by atoms with van der Waals surface area (Å²) in [6.07, 6.45) is 5.66. The highest BCUT2D eigenvalue weighted by molar-refractivity contribution is 6.31. The van der Waals surface area contributed by atoms with Gasteiger partial charge in [0.1, 0.15) is 0 Å². The highest BCUT2D eigenvalue weighted by atomic mass is 35.5. The van der Waals surface area contributed by atoms with Crippen LogP contribution in [0.2, 0.25) is 5.02 Å². The molecule has 0 aliphatic heterocycles. The van der Waals surface area contributed by atoms with Gasteiger partial charge < -0.3 is 5.11 Å². The molecule has 0 spiro atoms. The Morgan fingerprint density at radius 1 is 1.25 bits per heavy atom. The van der Waals surface area contributed by atoms with Gasteiger partial charge in [-0.25, -0.2) is 0 Å². The van der Waals surface area contributed by atoms with Crippen molar-refractivity contribution in [3.63, 3.8) is 0 Å². The lowest BCUT2D eigenvalue weighted by atomic mass is 9.94. The van der Waals surface area contributed by atoms with Crippen LogP contribution in [0.5, 0.6) is 0 Å². The van der Waals surface area contributed by atoms with Crippen molar-refractivity contribution < 1.29 is 5.11 Å². The third-order valence-corrected chi connectivity index (χ3v) is 3.31. The molecule has 16 heavy (non-hydrogen) atoms. The Labute approximate surface area is 103 Å². The maximum Gasteiger partial charge on any atom is 0.0462 e. The lowest BCUT2D eigenvalue weighted by Gasteiger charge is -2.14. The van der Waals surface area contributed by atoms with E-state index < -0.39 is 0 Å². The molecule has 0 amide bonds. The van der Waals surface area contributed by atoms with E-state index in [2.05, 4.69) is 6.92 Å². The quantitative estimate of drug-likeness (QED) is 0.713. The lowest BCUT2D eigenvalue weighted by molar-refractivity contribution is 0.215. The second kappa shape index (κ2) is 7.70. The van der Waals surface area contributed by atoms with Crippen LogP contribution in [-0.4, -0.2) is 11.7 Å². The zero-order valence-electron chi connectivity index (χ0n) is 9.95. The molecule has 1 aromatic rings. The van der Waals surface area contributed by atoms with Crippen molar-refractivity contribution in [1.82, 2.24) is 0 Å². The van der Waals surface area contributed by atoms with E-state index in [0.29, 0.717) is 5.92 Å². The number of unbranched alkanes of at least 4 members (excludes halogenated alkanes) is 2. The van der Waals surface area contributed by atoms with E-state index in [-0.39, 0.29) is 6.61 Å². The van der Waals surface area contributed by atoms with Crippen LogP contribution >= 0.6 is 11.6 Å². The van der Waals surface area contributed by atoms with Gasteiger partial charge in [-0.05, 0) is 30.4 Å². The summed E-state index contributed by atoms with van der Waals surface area (Å²) in [5, 5.41) is 10.2.